The van der Waals surface area contributed by atoms with Crippen molar-refractivity contribution in [1.82, 2.24) is 9.88 Å². The Labute approximate surface area is 92.7 Å². The van der Waals surface area contributed by atoms with E-state index in [1.165, 1.54) is 5.56 Å². The molecule has 0 bridgehead atoms. The number of aryl methyl sites for hydroxylation is 1. The maximum absolute atomic E-state index is 4.43. The number of anilines is 1. The van der Waals surface area contributed by atoms with Gasteiger partial charge < -0.3 is 9.80 Å². The molecule has 0 atom stereocenters. The molecule has 1 aromatic heterocycles. The monoisotopic (exact) mass is 207 g/mol. The van der Waals surface area contributed by atoms with Gasteiger partial charge in [-0.05, 0) is 25.6 Å². The van der Waals surface area contributed by atoms with Gasteiger partial charge in [0, 0.05) is 32.4 Å². The van der Waals surface area contributed by atoms with Crippen molar-refractivity contribution in [2.24, 2.45) is 0 Å². The van der Waals surface area contributed by atoms with E-state index in [0.29, 0.717) is 0 Å². The number of piperazine rings is 1. The molecule has 15 heavy (non-hydrogen) atoms. The fraction of sp³-hybridized carbons (Fsp3) is 0.583. The minimum absolute atomic E-state index is 0. The Morgan fingerprint density at radius 3 is 2.33 bits per heavy atom. The maximum Gasteiger partial charge on any atom is 0.128 e. The topological polar surface area (TPSA) is 19.4 Å². The highest BCUT2D eigenvalue weighted by molar-refractivity contribution is 5.39. The first kappa shape index (κ1) is 12.0. The Kier molecular flexibility index (Phi) is 4.09. The smallest absolute Gasteiger partial charge is 0.128 e. The van der Waals surface area contributed by atoms with Crippen LogP contribution in [0.5, 0.6) is 0 Å². The van der Waals surface area contributed by atoms with Crippen LogP contribution in [-0.2, 0) is 0 Å². The Morgan fingerprint density at radius 1 is 1.13 bits per heavy atom. The van der Waals surface area contributed by atoms with Gasteiger partial charge in [-0.15, -0.1) is 0 Å². The van der Waals surface area contributed by atoms with E-state index in [0.717, 1.165) is 32.0 Å². The second kappa shape index (κ2) is 5.12. The second-order valence-corrected chi connectivity index (χ2v) is 3.98. The maximum atomic E-state index is 4.43. The third-order valence-corrected chi connectivity index (χ3v) is 2.72. The van der Waals surface area contributed by atoms with Gasteiger partial charge in [0.1, 0.15) is 5.82 Å². The molecule has 0 radical (unpaired) electrons. The van der Waals surface area contributed by atoms with Crippen LogP contribution in [0.4, 0.5) is 5.82 Å². The van der Waals surface area contributed by atoms with Gasteiger partial charge in [-0.2, -0.15) is 0 Å². The SMILES string of the molecule is C.Cc1ccc(N2CCN(C)CC2)nc1. The molecule has 84 valence electrons. The van der Waals surface area contributed by atoms with E-state index in [9.17, 15) is 0 Å². The molecule has 1 aromatic rings. The van der Waals surface area contributed by atoms with E-state index in [1.54, 1.807) is 0 Å². The summed E-state index contributed by atoms with van der Waals surface area (Å²) in [6.07, 6.45) is 1.94. The second-order valence-electron chi connectivity index (χ2n) is 3.98. The van der Waals surface area contributed by atoms with Crippen molar-refractivity contribution in [3.8, 4) is 0 Å². The van der Waals surface area contributed by atoms with Crippen molar-refractivity contribution in [1.29, 1.82) is 0 Å². The van der Waals surface area contributed by atoms with Gasteiger partial charge in [0.2, 0.25) is 0 Å². The van der Waals surface area contributed by atoms with Crippen LogP contribution >= 0.6 is 0 Å². The lowest BCUT2D eigenvalue weighted by molar-refractivity contribution is 0.312. The number of likely N-dealkylation sites (N-methyl/N-ethyl adjacent to an activating group) is 1. The molecule has 0 aromatic carbocycles. The first-order valence-electron chi connectivity index (χ1n) is 5.12. The summed E-state index contributed by atoms with van der Waals surface area (Å²) in [5.74, 6) is 1.11. The van der Waals surface area contributed by atoms with Crippen LogP contribution in [0.15, 0.2) is 18.3 Å². The minimum Gasteiger partial charge on any atom is -0.354 e. The standard InChI is InChI=1S/C11H17N3.CH4/c1-10-3-4-11(12-9-10)14-7-5-13(2)6-8-14;/h3-4,9H,5-8H2,1-2H3;1H4. The minimum atomic E-state index is 0. The summed E-state index contributed by atoms with van der Waals surface area (Å²) in [6, 6.07) is 4.24. The molecule has 0 spiro atoms. The number of hydrogen-bond acceptors (Lipinski definition) is 3. The summed E-state index contributed by atoms with van der Waals surface area (Å²) in [5, 5.41) is 0. The first-order valence-corrected chi connectivity index (χ1v) is 5.12. The van der Waals surface area contributed by atoms with Crippen molar-refractivity contribution >= 4 is 5.82 Å². The van der Waals surface area contributed by atoms with E-state index >= 15 is 0 Å². The van der Waals surface area contributed by atoms with E-state index in [1.807, 2.05) is 6.20 Å². The Balaban J connectivity index is 0.00000112. The average Bonchev–Trinajstić information content (AvgIpc) is 2.21. The number of rotatable bonds is 1. The number of hydrogen-bond donors (Lipinski definition) is 0. The summed E-state index contributed by atoms with van der Waals surface area (Å²) in [7, 11) is 2.17. The fourth-order valence-electron chi connectivity index (χ4n) is 1.68. The largest absolute Gasteiger partial charge is 0.354 e. The summed E-state index contributed by atoms with van der Waals surface area (Å²) in [4.78, 5) is 9.13. The third-order valence-electron chi connectivity index (χ3n) is 2.72. The normalized spacial score (nSPS) is 17.3. The van der Waals surface area contributed by atoms with Crippen LogP contribution in [0.1, 0.15) is 13.0 Å². The molecular weight excluding hydrogens is 186 g/mol. The van der Waals surface area contributed by atoms with Gasteiger partial charge >= 0.3 is 0 Å². The van der Waals surface area contributed by atoms with Crippen molar-refractivity contribution in [2.75, 3.05) is 38.1 Å². The molecule has 0 N–H and O–H groups in total. The zero-order valence-corrected chi connectivity index (χ0v) is 8.90. The van der Waals surface area contributed by atoms with E-state index < -0.39 is 0 Å². The van der Waals surface area contributed by atoms with Gasteiger partial charge in [-0.3, -0.25) is 0 Å². The Hall–Kier alpha value is -1.09. The summed E-state index contributed by atoms with van der Waals surface area (Å²) < 4.78 is 0. The predicted molar refractivity (Wildman–Crippen MR) is 65.4 cm³/mol. The fourth-order valence-corrected chi connectivity index (χ4v) is 1.68. The van der Waals surface area contributed by atoms with Crippen LogP contribution in [0.25, 0.3) is 0 Å². The zero-order valence-electron chi connectivity index (χ0n) is 8.90. The third kappa shape index (κ3) is 2.93. The number of pyridine rings is 1. The van der Waals surface area contributed by atoms with Crippen molar-refractivity contribution < 1.29 is 0 Å². The molecule has 3 heteroatoms. The van der Waals surface area contributed by atoms with E-state index in [-0.39, 0.29) is 7.43 Å². The van der Waals surface area contributed by atoms with Crippen LogP contribution in [0, 0.1) is 6.92 Å². The van der Waals surface area contributed by atoms with E-state index in [2.05, 4.69) is 40.9 Å². The molecule has 0 unspecified atom stereocenters. The lowest BCUT2D eigenvalue weighted by Crippen LogP contribution is -2.44. The molecular formula is C12H21N3. The van der Waals surface area contributed by atoms with Crippen LogP contribution in [0.2, 0.25) is 0 Å². The molecule has 1 fully saturated rings. The molecule has 1 saturated heterocycles. The summed E-state index contributed by atoms with van der Waals surface area (Å²) in [5.41, 5.74) is 1.22. The quantitative estimate of drug-likeness (QED) is 0.699. The first-order chi connectivity index (χ1) is 6.75. The predicted octanol–water partition coefficient (Wildman–Crippen LogP) is 1.78. The van der Waals surface area contributed by atoms with Gasteiger partial charge in [-0.1, -0.05) is 13.5 Å². The molecule has 0 aliphatic carbocycles. The van der Waals surface area contributed by atoms with E-state index in [4.69, 9.17) is 0 Å². The molecule has 3 nitrogen and oxygen atoms in total. The Bertz CT molecular complexity index is 286. The summed E-state index contributed by atoms with van der Waals surface area (Å²) in [6.45, 7) is 6.52. The molecule has 0 amide bonds. The molecule has 1 aliphatic heterocycles. The van der Waals surface area contributed by atoms with Crippen LogP contribution < -0.4 is 4.90 Å². The van der Waals surface area contributed by atoms with Crippen molar-refractivity contribution in [3.05, 3.63) is 23.9 Å². The molecule has 0 saturated carbocycles. The highest BCUT2D eigenvalue weighted by atomic mass is 15.3. The molecule has 2 heterocycles. The lowest BCUT2D eigenvalue weighted by Gasteiger charge is -2.33. The van der Waals surface area contributed by atoms with Crippen LogP contribution in [0.3, 0.4) is 0 Å². The number of aromatic nitrogens is 1. The highest BCUT2D eigenvalue weighted by Gasteiger charge is 2.14. The highest BCUT2D eigenvalue weighted by Crippen LogP contribution is 2.12. The number of nitrogens with zero attached hydrogens (tertiary/aromatic N) is 3. The molecule has 2 rings (SSSR count). The van der Waals surface area contributed by atoms with Gasteiger partial charge in [-0.25, -0.2) is 4.98 Å². The lowest BCUT2D eigenvalue weighted by atomic mass is 10.3. The average molecular weight is 207 g/mol. The van der Waals surface area contributed by atoms with Gasteiger partial charge in [0.05, 0.1) is 0 Å². The van der Waals surface area contributed by atoms with Crippen molar-refractivity contribution in [2.45, 2.75) is 14.4 Å². The summed E-state index contributed by atoms with van der Waals surface area (Å²) >= 11 is 0. The van der Waals surface area contributed by atoms with Gasteiger partial charge in [0.15, 0.2) is 0 Å². The Morgan fingerprint density at radius 2 is 1.80 bits per heavy atom. The molecule has 1 aliphatic rings. The van der Waals surface area contributed by atoms with Crippen LogP contribution in [-0.4, -0.2) is 43.1 Å². The van der Waals surface area contributed by atoms with Crippen molar-refractivity contribution in [3.63, 3.8) is 0 Å². The zero-order chi connectivity index (χ0) is 9.97. The van der Waals surface area contributed by atoms with Gasteiger partial charge in [0.25, 0.3) is 0 Å².